The second-order valence-corrected chi connectivity index (χ2v) is 5.29. The molecule has 3 nitrogen and oxygen atoms in total. The summed E-state index contributed by atoms with van der Waals surface area (Å²) < 4.78 is 5.75. The summed E-state index contributed by atoms with van der Waals surface area (Å²) in [6.45, 7) is 0.883. The summed E-state index contributed by atoms with van der Waals surface area (Å²) in [6, 6.07) is 8.14. The lowest BCUT2D eigenvalue weighted by Crippen LogP contribution is -2.40. The molecule has 0 aliphatic carbocycles. The van der Waals surface area contributed by atoms with E-state index in [-0.39, 0.29) is 6.04 Å². The lowest BCUT2D eigenvalue weighted by molar-refractivity contribution is 0.00524. The fourth-order valence-corrected chi connectivity index (χ4v) is 2.66. The molecule has 1 heterocycles. The summed E-state index contributed by atoms with van der Waals surface area (Å²) in [5.41, 5.74) is 4.02. The Kier molecular flexibility index (Phi) is 5.45. The first-order chi connectivity index (χ1) is 8.79. The Balaban J connectivity index is 1.90. The first kappa shape index (κ1) is 13.8. The summed E-state index contributed by atoms with van der Waals surface area (Å²) >= 11 is 6.17. The van der Waals surface area contributed by atoms with Crippen molar-refractivity contribution >= 4 is 11.6 Å². The lowest BCUT2D eigenvalue weighted by atomic mass is 9.97. The summed E-state index contributed by atoms with van der Waals surface area (Å²) in [6.07, 6.45) is 5.70. The van der Waals surface area contributed by atoms with Crippen LogP contribution in [0.15, 0.2) is 24.3 Å². The third-order valence-corrected chi connectivity index (χ3v) is 3.85. The van der Waals surface area contributed by atoms with Crippen molar-refractivity contribution in [3.8, 4) is 0 Å². The van der Waals surface area contributed by atoms with Gasteiger partial charge in [-0.15, -0.1) is 0 Å². The van der Waals surface area contributed by atoms with Crippen LogP contribution in [0, 0.1) is 0 Å². The number of nitrogens with two attached hydrogens (primary N) is 1. The number of hydrogen-bond acceptors (Lipinski definition) is 3. The van der Waals surface area contributed by atoms with Gasteiger partial charge in [0.2, 0.25) is 0 Å². The lowest BCUT2D eigenvalue weighted by Gasteiger charge is -2.26. The maximum atomic E-state index is 6.17. The zero-order valence-electron chi connectivity index (χ0n) is 10.6. The number of benzene rings is 1. The van der Waals surface area contributed by atoms with Crippen molar-refractivity contribution in [3.63, 3.8) is 0 Å². The summed E-state index contributed by atoms with van der Waals surface area (Å²) in [5, 5.41) is 0.808. The van der Waals surface area contributed by atoms with E-state index in [2.05, 4.69) is 11.5 Å². The van der Waals surface area contributed by atoms with Crippen LogP contribution in [0.5, 0.6) is 0 Å². The average molecular weight is 269 g/mol. The molecule has 100 valence electrons. The monoisotopic (exact) mass is 268 g/mol. The molecule has 3 N–H and O–H groups in total. The average Bonchev–Trinajstić information content (AvgIpc) is 2.41. The molecule has 1 fully saturated rings. The molecule has 1 aromatic carbocycles. The normalized spacial score (nSPS) is 21.8. The number of ether oxygens (including phenoxy) is 1. The van der Waals surface area contributed by atoms with Crippen LogP contribution in [-0.4, -0.2) is 18.8 Å². The molecule has 18 heavy (non-hydrogen) atoms. The molecule has 1 saturated heterocycles. The van der Waals surface area contributed by atoms with Crippen LogP contribution in [0.2, 0.25) is 5.02 Å². The van der Waals surface area contributed by atoms with Crippen molar-refractivity contribution in [1.82, 2.24) is 5.43 Å². The van der Waals surface area contributed by atoms with Crippen LogP contribution in [0.4, 0.5) is 0 Å². The Bertz CT molecular complexity index is 367. The second kappa shape index (κ2) is 7.10. The van der Waals surface area contributed by atoms with Gasteiger partial charge in [0.15, 0.2) is 0 Å². The molecule has 2 unspecified atom stereocenters. The quantitative estimate of drug-likeness (QED) is 0.638. The van der Waals surface area contributed by atoms with E-state index in [1.807, 2.05) is 18.2 Å². The van der Waals surface area contributed by atoms with Crippen molar-refractivity contribution < 1.29 is 4.74 Å². The predicted molar refractivity (Wildman–Crippen MR) is 74.5 cm³/mol. The van der Waals surface area contributed by atoms with Gasteiger partial charge >= 0.3 is 0 Å². The Hall–Kier alpha value is -0.610. The van der Waals surface area contributed by atoms with E-state index in [1.165, 1.54) is 12.8 Å². The van der Waals surface area contributed by atoms with Crippen molar-refractivity contribution in [2.75, 3.05) is 6.61 Å². The van der Waals surface area contributed by atoms with Gasteiger partial charge in [-0.1, -0.05) is 29.8 Å². The van der Waals surface area contributed by atoms with Crippen LogP contribution in [0.25, 0.3) is 0 Å². The molecule has 0 amide bonds. The molecular weight excluding hydrogens is 248 g/mol. The van der Waals surface area contributed by atoms with Crippen LogP contribution < -0.4 is 11.3 Å². The SMILES string of the molecule is NNC(Cc1ccccc1Cl)CC1CCCCO1. The van der Waals surface area contributed by atoms with Gasteiger partial charge in [0.1, 0.15) is 0 Å². The zero-order valence-corrected chi connectivity index (χ0v) is 11.3. The summed E-state index contributed by atoms with van der Waals surface area (Å²) in [7, 11) is 0. The highest BCUT2D eigenvalue weighted by molar-refractivity contribution is 6.31. The molecule has 1 aliphatic heterocycles. The first-order valence-corrected chi connectivity index (χ1v) is 6.98. The molecule has 1 aromatic rings. The smallest absolute Gasteiger partial charge is 0.0590 e. The van der Waals surface area contributed by atoms with E-state index in [0.29, 0.717) is 6.10 Å². The molecule has 4 heteroatoms. The van der Waals surface area contributed by atoms with Gasteiger partial charge in [-0.05, 0) is 43.7 Å². The molecular formula is C14H21ClN2O. The molecule has 0 spiro atoms. The summed E-state index contributed by atoms with van der Waals surface area (Å²) in [5.74, 6) is 5.64. The van der Waals surface area contributed by atoms with E-state index in [0.717, 1.165) is 36.5 Å². The summed E-state index contributed by atoms with van der Waals surface area (Å²) in [4.78, 5) is 0. The number of hydrazine groups is 1. The minimum atomic E-state index is 0.216. The topological polar surface area (TPSA) is 47.3 Å². The number of hydrogen-bond donors (Lipinski definition) is 2. The van der Waals surface area contributed by atoms with Crippen LogP contribution in [0.3, 0.4) is 0 Å². The Morgan fingerprint density at radius 3 is 2.89 bits per heavy atom. The van der Waals surface area contributed by atoms with Crippen molar-refractivity contribution in [2.24, 2.45) is 5.84 Å². The van der Waals surface area contributed by atoms with Gasteiger partial charge in [0.05, 0.1) is 6.10 Å². The van der Waals surface area contributed by atoms with E-state index in [4.69, 9.17) is 22.2 Å². The third kappa shape index (κ3) is 3.95. The first-order valence-electron chi connectivity index (χ1n) is 6.60. The molecule has 0 saturated carbocycles. The van der Waals surface area contributed by atoms with Gasteiger partial charge < -0.3 is 4.74 Å². The highest BCUT2D eigenvalue weighted by atomic mass is 35.5. The van der Waals surface area contributed by atoms with Gasteiger partial charge in [0, 0.05) is 17.7 Å². The third-order valence-electron chi connectivity index (χ3n) is 3.48. The van der Waals surface area contributed by atoms with Crippen molar-refractivity contribution in [2.45, 2.75) is 44.2 Å². The van der Waals surface area contributed by atoms with Gasteiger partial charge in [-0.3, -0.25) is 11.3 Å². The zero-order chi connectivity index (χ0) is 12.8. The largest absolute Gasteiger partial charge is 0.378 e. The van der Waals surface area contributed by atoms with Gasteiger partial charge in [-0.2, -0.15) is 0 Å². The number of halogens is 1. The van der Waals surface area contributed by atoms with Gasteiger partial charge in [0.25, 0.3) is 0 Å². The Morgan fingerprint density at radius 1 is 1.39 bits per heavy atom. The standard InChI is InChI=1S/C14H21ClN2O/c15-14-7-2-1-5-11(14)9-12(17-16)10-13-6-3-4-8-18-13/h1-2,5,7,12-13,17H,3-4,6,8-10,16H2. The molecule has 0 aromatic heterocycles. The second-order valence-electron chi connectivity index (χ2n) is 4.88. The molecule has 0 radical (unpaired) electrons. The van der Waals surface area contributed by atoms with Crippen molar-refractivity contribution in [1.29, 1.82) is 0 Å². The van der Waals surface area contributed by atoms with Crippen LogP contribution in [-0.2, 0) is 11.2 Å². The van der Waals surface area contributed by atoms with E-state index < -0.39 is 0 Å². The van der Waals surface area contributed by atoms with Gasteiger partial charge in [-0.25, -0.2) is 0 Å². The highest BCUT2D eigenvalue weighted by Crippen LogP contribution is 2.21. The van der Waals surface area contributed by atoms with Crippen LogP contribution >= 0.6 is 11.6 Å². The number of nitrogens with one attached hydrogen (secondary N) is 1. The maximum absolute atomic E-state index is 6.17. The predicted octanol–water partition coefficient (Wildman–Crippen LogP) is 2.67. The van der Waals surface area contributed by atoms with E-state index >= 15 is 0 Å². The molecule has 2 rings (SSSR count). The number of rotatable bonds is 5. The highest BCUT2D eigenvalue weighted by Gasteiger charge is 2.19. The fourth-order valence-electron chi connectivity index (χ4n) is 2.45. The molecule has 2 atom stereocenters. The molecule has 0 bridgehead atoms. The van der Waals surface area contributed by atoms with E-state index in [1.54, 1.807) is 0 Å². The minimum Gasteiger partial charge on any atom is -0.378 e. The maximum Gasteiger partial charge on any atom is 0.0590 e. The van der Waals surface area contributed by atoms with E-state index in [9.17, 15) is 0 Å². The van der Waals surface area contributed by atoms with Crippen molar-refractivity contribution in [3.05, 3.63) is 34.9 Å². The molecule has 1 aliphatic rings. The Morgan fingerprint density at radius 2 is 2.22 bits per heavy atom. The minimum absolute atomic E-state index is 0.216. The fraction of sp³-hybridized carbons (Fsp3) is 0.571. The van der Waals surface area contributed by atoms with Crippen LogP contribution in [0.1, 0.15) is 31.2 Å². The Labute approximate surface area is 114 Å².